The van der Waals surface area contributed by atoms with Crippen molar-refractivity contribution in [2.45, 2.75) is 6.61 Å². The summed E-state index contributed by atoms with van der Waals surface area (Å²) in [7, 11) is 0. The van der Waals surface area contributed by atoms with Crippen LogP contribution in [0.5, 0.6) is 5.75 Å². The van der Waals surface area contributed by atoms with Gasteiger partial charge in [0.1, 0.15) is 17.3 Å². The van der Waals surface area contributed by atoms with E-state index in [0.29, 0.717) is 29.9 Å². The monoisotopic (exact) mass is 381 g/mol. The Balaban J connectivity index is 1.66. The standard InChI is InChI=1S/C18H17Cl2NO2S/c19-16-5-4-13(10-17(16)20)12-23-15-3-1-2-14(11-15)18(24)21-6-8-22-9-7-21/h1-5,10-11H,6-9,12H2. The lowest BCUT2D eigenvalue weighted by Crippen LogP contribution is -2.40. The third-order valence-electron chi connectivity index (χ3n) is 3.77. The van der Waals surface area contributed by atoms with E-state index in [-0.39, 0.29) is 0 Å². The Morgan fingerprint density at radius 3 is 2.62 bits per heavy atom. The van der Waals surface area contributed by atoms with Gasteiger partial charge < -0.3 is 14.4 Å². The molecule has 0 aliphatic carbocycles. The van der Waals surface area contributed by atoms with Crippen molar-refractivity contribution < 1.29 is 9.47 Å². The molecule has 0 spiro atoms. The van der Waals surface area contributed by atoms with E-state index in [9.17, 15) is 0 Å². The maximum Gasteiger partial charge on any atom is 0.120 e. The molecule has 1 fully saturated rings. The van der Waals surface area contributed by atoms with Crippen LogP contribution >= 0.6 is 35.4 Å². The number of thiocarbonyl (C=S) groups is 1. The van der Waals surface area contributed by atoms with Crippen molar-refractivity contribution in [3.8, 4) is 5.75 Å². The van der Waals surface area contributed by atoms with Gasteiger partial charge in [-0.25, -0.2) is 0 Å². The van der Waals surface area contributed by atoms with E-state index >= 15 is 0 Å². The second kappa shape index (κ2) is 8.17. The van der Waals surface area contributed by atoms with Gasteiger partial charge in [-0.15, -0.1) is 0 Å². The van der Waals surface area contributed by atoms with Crippen LogP contribution in [0, 0.1) is 0 Å². The first-order valence-electron chi connectivity index (χ1n) is 7.67. The van der Waals surface area contributed by atoms with Gasteiger partial charge in [-0.1, -0.05) is 53.6 Å². The summed E-state index contributed by atoms with van der Waals surface area (Å²) in [6.45, 7) is 3.51. The number of benzene rings is 2. The summed E-state index contributed by atoms with van der Waals surface area (Å²) in [5.74, 6) is 0.772. The molecule has 0 atom stereocenters. The molecule has 0 saturated carbocycles. The van der Waals surface area contributed by atoms with Crippen molar-refractivity contribution in [2.24, 2.45) is 0 Å². The first-order valence-corrected chi connectivity index (χ1v) is 8.84. The number of morpholine rings is 1. The maximum absolute atomic E-state index is 6.03. The van der Waals surface area contributed by atoms with E-state index < -0.39 is 0 Å². The predicted molar refractivity (Wildman–Crippen MR) is 101 cm³/mol. The van der Waals surface area contributed by atoms with Gasteiger partial charge in [-0.3, -0.25) is 0 Å². The largest absolute Gasteiger partial charge is 0.489 e. The van der Waals surface area contributed by atoms with Crippen LogP contribution < -0.4 is 4.74 Å². The number of ether oxygens (including phenoxy) is 2. The lowest BCUT2D eigenvalue weighted by Gasteiger charge is -2.29. The van der Waals surface area contributed by atoms with Crippen molar-refractivity contribution in [3.63, 3.8) is 0 Å². The average Bonchev–Trinajstić information content (AvgIpc) is 2.63. The van der Waals surface area contributed by atoms with Crippen LogP contribution in [0.25, 0.3) is 0 Å². The molecule has 3 rings (SSSR count). The van der Waals surface area contributed by atoms with E-state index in [4.69, 9.17) is 44.9 Å². The Kier molecular flexibility index (Phi) is 5.95. The van der Waals surface area contributed by atoms with Gasteiger partial charge >= 0.3 is 0 Å². The highest BCUT2D eigenvalue weighted by atomic mass is 35.5. The highest BCUT2D eigenvalue weighted by Crippen LogP contribution is 2.24. The zero-order valence-corrected chi connectivity index (χ0v) is 15.3. The molecule has 0 unspecified atom stereocenters. The average molecular weight is 382 g/mol. The predicted octanol–water partition coefficient (Wildman–Crippen LogP) is 4.58. The minimum Gasteiger partial charge on any atom is -0.489 e. The third kappa shape index (κ3) is 4.39. The van der Waals surface area contributed by atoms with Gasteiger partial charge in [0.05, 0.1) is 23.3 Å². The molecule has 0 aromatic heterocycles. The minimum atomic E-state index is 0.421. The fraction of sp³-hybridized carbons (Fsp3) is 0.278. The van der Waals surface area contributed by atoms with Crippen molar-refractivity contribution in [2.75, 3.05) is 26.3 Å². The minimum absolute atomic E-state index is 0.421. The summed E-state index contributed by atoms with van der Waals surface area (Å²) in [5, 5.41) is 1.07. The molecular weight excluding hydrogens is 365 g/mol. The van der Waals surface area contributed by atoms with Crippen molar-refractivity contribution >= 4 is 40.4 Å². The Hall–Kier alpha value is -1.33. The zero-order valence-electron chi connectivity index (χ0n) is 13.0. The number of hydrogen-bond donors (Lipinski definition) is 0. The normalized spacial score (nSPS) is 14.5. The van der Waals surface area contributed by atoms with E-state index in [1.807, 2.05) is 36.4 Å². The molecule has 0 amide bonds. The molecular formula is C18H17Cl2NO2S. The smallest absolute Gasteiger partial charge is 0.120 e. The van der Waals surface area contributed by atoms with Gasteiger partial charge in [0.15, 0.2) is 0 Å². The Morgan fingerprint density at radius 2 is 1.88 bits per heavy atom. The van der Waals surface area contributed by atoms with Gasteiger partial charge in [-0.2, -0.15) is 0 Å². The molecule has 1 heterocycles. The molecule has 0 radical (unpaired) electrons. The van der Waals surface area contributed by atoms with Crippen LogP contribution in [0.4, 0.5) is 0 Å². The summed E-state index contributed by atoms with van der Waals surface area (Å²) >= 11 is 17.5. The molecule has 0 N–H and O–H groups in total. The SMILES string of the molecule is S=C(c1cccc(OCc2ccc(Cl)c(Cl)c2)c1)N1CCOCC1. The summed E-state index contributed by atoms with van der Waals surface area (Å²) in [6, 6.07) is 13.3. The molecule has 1 aliphatic heterocycles. The van der Waals surface area contributed by atoms with Crippen LogP contribution in [0.3, 0.4) is 0 Å². The topological polar surface area (TPSA) is 21.7 Å². The van der Waals surface area contributed by atoms with E-state index in [0.717, 1.165) is 35.0 Å². The van der Waals surface area contributed by atoms with Crippen LogP contribution in [0.1, 0.15) is 11.1 Å². The van der Waals surface area contributed by atoms with E-state index in [2.05, 4.69) is 4.90 Å². The summed E-state index contributed by atoms with van der Waals surface area (Å²) in [4.78, 5) is 3.00. The zero-order chi connectivity index (χ0) is 16.9. The fourth-order valence-electron chi connectivity index (χ4n) is 2.46. The molecule has 3 nitrogen and oxygen atoms in total. The molecule has 0 bridgehead atoms. The third-order valence-corrected chi connectivity index (χ3v) is 5.00. The first-order chi connectivity index (χ1) is 11.6. The van der Waals surface area contributed by atoms with Gasteiger partial charge in [0.25, 0.3) is 0 Å². The molecule has 6 heteroatoms. The van der Waals surface area contributed by atoms with Crippen LogP contribution in [-0.4, -0.2) is 36.2 Å². The van der Waals surface area contributed by atoms with Crippen LogP contribution in [0.2, 0.25) is 10.0 Å². The van der Waals surface area contributed by atoms with E-state index in [1.165, 1.54) is 0 Å². The second-order valence-electron chi connectivity index (χ2n) is 5.47. The quantitative estimate of drug-likeness (QED) is 0.722. The molecule has 24 heavy (non-hydrogen) atoms. The number of nitrogens with zero attached hydrogens (tertiary/aromatic N) is 1. The lowest BCUT2D eigenvalue weighted by molar-refractivity contribution is 0.0693. The fourth-order valence-corrected chi connectivity index (χ4v) is 3.09. The van der Waals surface area contributed by atoms with Gasteiger partial charge in [0, 0.05) is 18.7 Å². The van der Waals surface area contributed by atoms with Crippen LogP contribution in [0.15, 0.2) is 42.5 Å². The second-order valence-corrected chi connectivity index (χ2v) is 6.67. The molecule has 1 aliphatic rings. The summed E-state index contributed by atoms with van der Waals surface area (Å²) < 4.78 is 11.2. The first kappa shape index (κ1) is 17.5. The Morgan fingerprint density at radius 1 is 1.08 bits per heavy atom. The summed E-state index contributed by atoms with van der Waals surface area (Å²) in [5.41, 5.74) is 1.95. The van der Waals surface area contributed by atoms with Crippen molar-refractivity contribution in [1.29, 1.82) is 0 Å². The number of hydrogen-bond acceptors (Lipinski definition) is 3. The summed E-state index contributed by atoms with van der Waals surface area (Å²) in [6.07, 6.45) is 0. The van der Waals surface area contributed by atoms with Gasteiger partial charge in [-0.05, 0) is 29.8 Å². The molecule has 1 saturated heterocycles. The van der Waals surface area contributed by atoms with Gasteiger partial charge in [0.2, 0.25) is 0 Å². The van der Waals surface area contributed by atoms with Crippen LogP contribution in [-0.2, 0) is 11.3 Å². The van der Waals surface area contributed by atoms with Crippen molar-refractivity contribution in [1.82, 2.24) is 4.90 Å². The van der Waals surface area contributed by atoms with E-state index in [1.54, 1.807) is 6.07 Å². The number of rotatable bonds is 4. The maximum atomic E-state index is 6.03. The molecule has 126 valence electrons. The lowest BCUT2D eigenvalue weighted by atomic mass is 10.2. The number of halogens is 2. The Labute approximate surface area is 157 Å². The molecule has 2 aromatic carbocycles. The highest BCUT2D eigenvalue weighted by molar-refractivity contribution is 7.80. The van der Waals surface area contributed by atoms with Crippen molar-refractivity contribution in [3.05, 3.63) is 63.6 Å². The highest BCUT2D eigenvalue weighted by Gasteiger charge is 2.15. The molecule has 2 aromatic rings. The Bertz CT molecular complexity index is 733.